The Morgan fingerprint density at radius 3 is 2.47 bits per heavy atom. The van der Waals surface area contributed by atoms with Crippen LogP contribution in [0.3, 0.4) is 0 Å². The summed E-state index contributed by atoms with van der Waals surface area (Å²) in [6.07, 6.45) is 1.82. The van der Waals surface area contributed by atoms with E-state index in [-0.39, 0.29) is 12.1 Å². The Labute approximate surface area is 91.4 Å². The van der Waals surface area contributed by atoms with E-state index < -0.39 is 0 Å². The summed E-state index contributed by atoms with van der Waals surface area (Å²) in [5.41, 5.74) is 12.8. The van der Waals surface area contributed by atoms with Gasteiger partial charge in [0.1, 0.15) is 5.75 Å². The van der Waals surface area contributed by atoms with E-state index in [0.29, 0.717) is 0 Å². The zero-order chi connectivity index (χ0) is 11.3. The lowest BCUT2D eigenvalue weighted by Crippen LogP contribution is -2.19. The molecule has 0 aliphatic rings. The molecule has 1 aromatic rings. The number of para-hydroxylation sites is 1. The van der Waals surface area contributed by atoms with E-state index in [2.05, 4.69) is 0 Å². The first kappa shape index (κ1) is 12.0. The highest BCUT2D eigenvalue weighted by atomic mass is 16.5. The quantitative estimate of drug-likeness (QED) is 0.776. The second-order valence-electron chi connectivity index (χ2n) is 3.90. The molecule has 4 N–H and O–H groups in total. The van der Waals surface area contributed by atoms with E-state index in [0.717, 1.165) is 24.2 Å². The lowest BCUT2D eigenvalue weighted by atomic mass is 10.00. The first-order valence-electron chi connectivity index (χ1n) is 5.29. The molecule has 0 aliphatic carbocycles. The van der Waals surface area contributed by atoms with Gasteiger partial charge < -0.3 is 16.2 Å². The van der Waals surface area contributed by atoms with Crippen LogP contribution in [-0.4, -0.2) is 13.2 Å². The molecule has 0 spiro atoms. The van der Waals surface area contributed by atoms with Gasteiger partial charge in [0, 0.05) is 17.6 Å². The molecule has 2 atom stereocenters. The second-order valence-corrected chi connectivity index (χ2v) is 3.90. The number of hydrogen-bond donors (Lipinski definition) is 2. The van der Waals surface area contributed by atoms with Gasteiger partial charge in [0.2, 0.25) is 0 Å². The van der Waals surface area contributed by atoms with Gasteiger partial charge in [0.15, 0.2) is 0 Å². The molecule has 0 radical (unpaired) electrons. The van der Waals surface area contributed by atoms with Crippen LogP contribution >= 0.6 is 0 Å². The number of benzene rings is 1. The van der Waals surface area contributed by atoms with Gasteiger partial charge in [0.25, 0.3) is 0 Å². The van der Waals surface area contributed by atoms with Gasteiger partial charge >= 0.3 is 0 Å². The van der Waals surface area contributed by atoms with E-state index in [4.69, 9.17) is 16.2 Å². The van der Waals surface area contributed by atoms with E-state index in [9.17, 15) is 0 Å². The SMILES string of the molecule is COc1ccccc1C(N)CCC(C)N. The van der Waals surface area contributed by atoms with E-state index >= 15 is 0 Å². The number of methoxy groups -OCH3 is 1. The van der Waals surface area contributed by atoms with Crippen molar-refractivity contribution in [1.29, 1.82) is 0 Å². The van der Waals surface area contributed by atoms with Crippen molar-refractivity contribution in [2.45, 2.75) is 31.8 Å². The van der Waals surface area contributed by atoms with Crippen LogP contribution in [0.25, 0.3) is 0 Å². The van der Waals surface area contributed by atoms with Crippen LogP contribution < -0.4 is 16.2 Å². The van der Waals surface area contributed by atoms with Crippen molar-refractivity contribution in [2.24, 2.45) is 11.5 Å². The van der Waals surface area contributed by atoms with Crippen molar-refractivity contribution in [3.05, 3.63) is 29.8 Å². The van der Waals surface area contributed by atoms with Crippen LogP contribution in [0.4, 0.5) is 0 Å². The fourth-order valence-corrected chi connectivity index (χ4v) is 1.57. The van der Waals surface area contributed by atoms with Gasteiger partial charge in [-0.05, 0) is 25.8 Å². The highest BCUT2D eigenvalue weighted by Gasteiger charge is 2.11. The average Bonchev–Trinajstić information content (AvgIpc) is 2.25. The van der Waals surface area contributed by atoms with Gasteiger partial charge in [-0.15, -0.1) is 0 Å². The minimum atomic E-state index is 0.00662. The largest absolute Gasteiger partial charge is 0.496 e. The third-order valence-electron chi connectivity index (χ3n) is 2.47. The smallest absolute Gasteiger partial charge is 0.123 e. The molecule has 1 aromatic carbocycles. The molecular weight excluding hydrogens is 188 g/mol. The van der Waals surface area contributed by atoms with Crippen molar-refractivity contribution in [3.63, 3.8) is 0 Å². The molecule has 2 unspecified atom stereocenters. The van der Waals surface area contributed by atoms with Gasteiger partial charge in [0.05, 0.1) is 7.11 Å². The van der Waals surface area contributed by atoms with Crippen LogP contribution in [0.1, 0.15) is 31.4 Å². The minimum Gasteiger partial charge on any atom is -0.496 e. The second kappa shape index (κ2) is 5.73. The normalized spacial score (nSPS) is 14.7. The van der Waals surface area contributed by atoms with Crippen LogP contribution in [0.2, 0.25) is 0 Å². The lowest BCUT2D eigenvalue weighted by molar-refractivity contribution is 0.402. The molecule has 0 saturated heterocycles. The Morgan fingerprint density at radius 2 is 1.87 bits per heavy atom. The highest BCUT2D eigenvalue weighted by molar-refractivity contribution is 5.35. The summed E-state index contributed by atoms with van der Waals surface area (Å²) in [6, 6.07) is 8.06. The Balaban J connectivity index is 2.68. The molecule has 0 aromatic heterocycles. The molecule has 3 nitrogen and oxygen atoms in total. The molecule has 0 amide bonds. The maximum atomic E-state index is 6.08. The predicted molar refractivity (Wildman–Crippen MR) is 62.8 cm³/mol. The van der Waals surface area contributed by atoms with Crippen molar-refractivity contribution in [1.82, 2.24) is 0 Å². The Kier molecular flexibility index (Phi) is 4.59. The molecule has 0 bridgehead atoms. The van der Waals surface area contributed by atoms with Crippen LogP contribution in [0.5, 0.6) is 5.75 Å². The van der Waals surface area contributed by atoms with E-state index in [1.807, 2.05) is 31.2 Å². The third kappa shape index (κ3) is 3.53. The summed E-state index contributed by atoms with van der Waals surface area (Å²) < 4.78 is 5.26. The zero-order valence-electron chi connectivity index (χ0n) is 9.44. The predicted octanol–water partition coefficient (Wildman–Crippen LogP) is 1.82. The van der Waals surface area contributed by atoms with Crippen molar-refractivity contribution in [3.8, 4) is 5.75 Å². The third-order valence-corrected chi connectivity index (χ3v) is 2.47. The van der Waals surface area contributed by atoms with Crippen molar-refractivity contribution < 1.29 is 4.74 Å². The lowest BCUT2D eigenvalue weighted by Gasteiger charge is -2.16. The summed E-state index contributed by atoms with van der Waals surface area (Å²) in [5, 5.41) is 0. The summed E-state index contributed by atoms with van der Waals surface area (Å²) in [5.74, 6) is 0.856. The topological polar surface area (TPSA) is 61.3 Å². The van der Waals surface area contributed by atoms with E-state index in [1.165, 1.54) is 0 Å². The molecule has 15 heavy (non-hydrogen) atoms. The molecular formula is C12H20N2O. The summed E-state index contributed by atoms with van der Waals surface area (Å²) >= 11 is 0. The average molecular weight is 208 g/mol. The molecule has 0 heterocycles. The Hall–Kier alpha value is -1.06. The maximum absolute atomic E-state index is 6.08. The van der Waals surface area contributed by atoms with Gasteiger partial charge in [-0.25, -0.2) is 0 Å². The Bertz CT molecular complexity index is 299. The number of hydrogen-bond acceptors (Lipinski definition) is 3. The summed E-state index contributed by atoms with van der Waals surface area (Å²) in [7, 11) is 1.66. The molecule has 84 valence electrons. The van der Waals surface area contributed by atoms with Gasteiger partial charge in [-0.1, -0.05) is 18.2 Å². The highest BCUT2D eigenvalue weighted by Crippen LogP contribution is 2.25. The fraction of sp³-hybridized carbons (Fsp3) is 0.500. The summed E-state index contributed by atoms with van der Waals surface area (Å²) in [4.78, 5) is 0. The standard InChI is InChI=1S/C12H20N2O/c1-9(13)7-8-11(14)10-5-3-4-6-12(10)15-2/h3-6,9,11H,7-8,13-14H2,1-2H3. The molecule has 0 aliphatic heterocycles. The van der Waals surface area contributed by atoms with E-state index in [1.54, 1.807) is 7.11 Å². The van der Waals surface area contributed by atoms with Gasteiger partial charge in [-0.3, -0.25) is 0 Å². The van der Waals surface area contributed by atoms with Crippen molar-refractivity contribution in [2.75, 3.05) is 7.11 Å². The van der Waals surface area contributed by atoms with Crippen molar-refractivity contribution >= 4 is 0 Å². The number of nitrogens with two attached hydrogens (primary N) is 2. The monoisotopic (exact) mass is 208 g/mol. The number of rotatable bonds is 5. The van der Waals surface area contributed by atoms with Crippen LogP contribution in [0, 0.1) is 0 Å². The molecule has 3 heteroatoms. The fourth-order valence-electron chi connectivity index (χ4n) is 1.57. The zero-order valence-corrected chi connectivity index (χ0v) is 9.44. The Morgan fingerprint density at radius 1 is 1.20 bits per heavy atom. The number of ether oxygens (including phenoxy) is 1. The molecule has 1 rings (SSSR count). The molecule has 0 fully saturated rings. The van der Waals surface area contributed by atoms with Gasteiger partial charge in [-0.2, -0.15) is 0 Å². The molecule has 0 saturated carbocycles. The summed E-state index contributed by atoms with van der Waals surface area (Å²) in [6.45, 7) is 1.99. The maximum Gasteiger partial charge on any atom is 0.123 e. The van der Waals surface area contributed by atoms with Crippen LogP contribution in [-0.2, 0) is 0 Å². The van der Waals surface area contributed by atoms with Crippen LogP contribution in [0.15, 0.2) is 24.3 Å². The minimum absolute atomic E-state index is 0.00662. The first-order chi connectivity index (χ1) is 7.15. The first-order valence-corrected chi connectivity index (χ1v) is 5.29.